The first kappa shape index (κ1) is 17.5. The van der Waals surface area contributed by atoms with E-state index in [0.29, 0.717) is 4.90 Å². The Morgan fingerprint density at radius 1 is 1.55 bits per heavy atom. The van der Waals surface area contributed by atoms with E-state index in [1.165, 1.54) is 0 Å². The van der Waals surface area contributed by atoms with E-state index in [-0.39, 0.29) is 13.0 Å². The Labute approximate surface area is 123 Å². The number of nitrogens with two attached hydrogens (primary N) is 1. The first-order valence-corrected chi connectivity index (χ1v) is 7.79. The number of amides is 2. The van der Waals surface area contributed by atoms with E-state index in [1.54, 1.807) is 0 Å². The second kappa shape index (κ2) is 5.96. The number of hydrogen-bond donors (Lipinski definition) is 5. The molecule has 2 aliphatic heterocycles. The van der Waals surface area contributed by atoms with Crippen LogP contribution < -0.4 is 11.1 Å². The van der Waals surface area contributed by atoms with Gasteiger partial charge in [0.05, 0.1) is 12.8 Å². The molecule has 0 aromatic heterocycles. The van der Waals surface area contributed by atoms with Crippen molar-refractivity contribution in [3.63, 3.8) is 0 Å². The van der Waals surface area contributed by atoms with E-state index in [4.69, 9.17) is 20.3 Å². The molecule has 0 aromatic carbocycles. The average Bonchev–Trinajstić information content (AvgIpc) is 2.59. The lowest BCUT2D eigenvalue weighted by Gasteiger charge is -2.36. The summed E-state index contributed by atoms with van der Waals surface area (Å²) < 4.78 is 47.6. The van der Waals surface area contributed by atoms with Gasteiger partial charge in [0.15, 0.2) is 6.10 Å². The predicted octanol–water partition coefficient (Wildman–Crippen LogP) is -1.48. The summed E-state index contributed by atoms with van der Waals surface area (Å²) in [6.07, 6.45) is -6.64. The summed E-state index contributed by atoms with van der Waals surface area (Å²) in [5, 5.41) is 11.8. The van der Waals surface area contributed by atoms with Crippen molar-refractivity contribution in [1.29, 1.82) is 0 Å². The smallest absolute Gasteiger partial charge is 0.384 e. The first-order valence-electron chi connectivity index (χ1n) is 6.26. The van der Waals surface area contributed by atoms with E-state index in [9.17, 15) is 23.2 Å². The van der Waals surface area contributed by atoms with E-state index < -0.39 is 51.0 Å². The van der Waals surface area contributed by atoms with Crippen molar-refractivity contribution in [2.45, 2.75) is 36.9 Å². The molecule has 4 atom stereocenters. The van der Waals surface area contributed by atoms with Crippen LogP contribution in [0.15, 0.2) is 0 Å². The van der Waals surface area contributed by atoms with Gasteiger partial charge in [0.2, 0.25) is 6.23 Å². The van der Waals surface area contributed by atoms with E-state index in [1.807, 2.05) is 0 Å². The standard InChI is InChI=1S/C9H16F2N3O7P/c10-9(11)6(15)4(3-20-22(17,18)19)21-7(9)14-2-1-5(12)13-8(14)16/h4-7,15H,1-3,12H2,(H,13,16)(H2,17,18,19)/t4-,5?,6+,7-/m1/s1. The minimum Gasteiger partial charge on any atom is -0.384 e. The molecular weight excluding hydrogens is 331 g/mol. The molecule has 6 N–H and O–H groups in total. The maximum absolute atomic E-state index is 14.0. The van der Waals surface area contributed by atoms with Crippen LogP contribution in [0.2, 0.25) is 0 Å². The zero-order valence-electron chi connectivity index (χ0n) is 11.1. The molecule has 2 saturated heterocycles. The number of rotatable bonds is 4. The molecule has 0 saturated carbocycles. The molecule has 0 radical (unpaired) electrons. The molecule has 2 aliphatic rings. The number of aliphatic hydroxyl groups is 1. The van der Waals surface area contributed by atoms with Gasteiger partial charge in [-0.2, -0.15) is 8.78 Å². The van der Waals surface area contributed by atoms with Crippen LogP contribution in [0.5, 0.6) is 0 Å². The van der Waals surface area contributed by atoms with Crippen molar-refractivity contribution in [3.8, 4) is 0 Å². The molecule has 13 heteroatoms. The molecule has 2 fully saturated rings. The quantitative estimate of drug-likeness (QED) is 0.386. The SMILES string of the molecule is NC1CCN([C@@H]2O[C@H](COP(=O)(O)O)[C@H](O)C2(F)F)C(=O)N1. The zero-order chi connectivity index (χ0) is 16.7. The highest BCUT2D eigenvalue weighted by Crippen LogP contribution is 2.41. The van der Waals surface area contributed by atoms with Gasteiger partial charge in [-0.05, 0) is 6.42 Å². The average molecular weight is 347 g/mol. The number of urea groups is 1. The molecular formula is C9H16F2N3O7P. The van der Waals surface area contributed by atoms with Crippen molar-refractivity contribution in [2.75, 3.05) is 13.2 Å². The van der Waals surface area contributed by atoms with Crippen LogP contribution in [-0.4, -0.2) is 69.5 Å². The molecule has 0 aliphatic carbocycles. The van der Waals surface area contributed by atoms with Crippen LogP contribution in [0.25, 0.3) is 0 Å². The van der Waals surface area contributed by atoms with E-state index >= 15 is 0 Å². The third-order valence-corrected chi connectivity index (χ3v) is 3.81. The molecule has 0 bridgehead atoms. The molecule has 10 nitrogen and oxygen atoms in total. The maximum atomic E-state index is 14.0. The van der Waals surface area contributed by atoms with Crippen LogP contribution >= 0.6 is 7.82 Å². The predicted molar refractivity (Wildman–Crippen MR) is 65.4 cm³/mol. The number of aliphatic hydroxyl groups excluding tert-OH is 1. The van der Waals surface area contributed by atoms with Gasteiger partial charge < -0.3 is 30.7 Å². The summed E-state index contributed by atoms with van der Waals surface area (Å²) in [5.74, 6) is -3.83. The van der Waals surface area contributed by atoms with Crippen LogP contribution in [-0.2, 0) is 13.8 Å². The Hall–Kier alpha value is -0.880. The van der Waals surface area contributed by atoms with Crippen molar-refractivity contribution < 1.29 is 42.3 Å². The Balaban J connectivity index is 2.09. The van der Waals surface area contributed by atoms with Crippen molar-refractivity contribution in [1.82, 2.24) is 10.2 Å². The fourth-order valence-corrected chi connectivity index (χ4v) is 2.57. The number of carbonyl (C=O) groups is 1. The fourth-order valence-electron chi connectivity index (χ4n) is 2.22. The van der Waals surface area contributed by atoms with Crippen molar-refractivity contribution >= 4 is 13.9 Å². The Bertz CT molecular complexity index is 490. The third kappa shape index (κ3) is 3.54. The summed E-state index contributed by atoms with van der Waals surface area (Å²) in [7, 11) is -4.90. The van der Waals surface area contributed by atoms with Gasteiger partial charge in [-0.3, -0.25) is 9.42 Å². The summed E-state index contributed by atoms with van der Waals surface area (Å²) >= 11 is 0. The molecule has 128 valence electrons. The summed E-state index contributed by atoms with van der Waals surface area (Å²) in [6, 6.07) is -0.882. The highest BCUT2D eigenvalue weighted by atomic mass is 31.2. The van der Waals surface area contributed by atoms with Gasteiger partial charge in [-0.25, -0.2) is 9.36 Å². The zero-order valence-corrected chi connectivity index (χ0v) is 12.0. The number of phosphoric acid groups is 1. The minimum atomic E-state index is -4.90. The maximum Gasteiger partial charge on any atom is 0.469 e. The number of nitrogens with zero attached hydrogens (tertiary/aromatic N) is 1. The second-order valence-corrected chi connectivity index (χ2v) is 6.21. The van der Waals surface area contributed by atoms with Gasteiger partial charge in [0.1, 0.15) is 6.10 Å². The van der Waals surface area contributed by atoms with Crippen LogP contribution in [0.1, 0.15) is 6.42 Å². The number of hydrogen-bond acceptors (Lipinski definition) is 6. The Morgan fingerprint density at radius 2 is 2.18 bits per heavy atom. The lowest BCUT2D eigenvalue weighted by atomic mass is 10.1. The van der Waals surface area contributed by atoms with Gasteiger partial charge in [0, 0.05) is 6.54 Å². The minimum absolute atomic E-state index is 0.119. The highest BCUT2D eigenvalue weighted by molar-refractivity contribution is 7.46. The van der Waals surface area contributed by atoms with Crippen LogP contribution in [0, 0.1) is 0 Å². The van der Waals surface area contributed by atoms with Crippen molar-refractivity contribution in [3.05, 3.63) is 0 Å². The number of halogens is 2. The van der Waals surface area contributed by atoms with E-state index in [2.05, 4.69) is 9.84 Å². The number of alkyl halides is 2. The number of ether oxygens (including phenoxy) is 1. The largest absolute Gasteiger partial charge is 0.469 e. The molecule has 2 heterocycles. The number of phosphoric ester groups is 1. The summed E-state index contributed by atoms with van der Waals surface area (Å²) in [6.45, 7) is -1.07. The molecule has 0 aromatic rings. The fraction of sp³-hybridized carbons (Fsp3) is 0.889. The van der Waals surface area contributed by atoms with Crippen LogP contribution in [0.4, 0.5) is 13.6 Å². The molecule has 1 unspecified atom stereocenters. The summed E-state index contributed by atoms with van der Waals surface area (Å²) in [5.41, 5.74) is 5.46. The third-order valence-electron chi connectivity index (χ3n) is 3.32. The van der Waals surface area contributed by atoms with Gasteiger partial charge in [-0.1, -0.05) is 0 Å². The first-order chi connectivity index (χ1) is 10.0. The van der Waals surface area contributed by atoms with E-state index in [0.717, 1.165) is 0 Å². The lowest BCUT2D eigenvalue weighted by Crippen LogP contribution is -2.61. The summed E-state index contributed by atoms with van der Waals surface area (Å²) in [4.78, 5) is 29.5. The normalized spacial score (nSPS) is 35.5. The molecule has 22 heavy (non-hydrogen) atoms. The molecule has 2 amide bonds. The second-order valence-electron chi connectivity index (χ2n) is 4.97. The monoisotopic (exact) mass is 347 g/mol. The van der Waals surface area contributed by atoms with Gasteiger partial charge >= 0.3 is 19.8 Å². The number of carbonyl (C=O) groups excluding carboxylic acids is 1. The van der Waals surface area contributed by atoms with Gasteiger partial charge in [-0.15, -0.1) is 0 Å². The lowest BCUT2D eigenvalue weighted by molar-refractivity contribution is -0.156. The van der Waals surface area contributed by atoms with Crippen molar-refractivity contribution in [2.24, 2.45) is 5.73 Å². The number of nitrogens with one attached hydrogen (secondary N) is 1. The van der Waals surface area contributed by atoms with Gasteiger partial charge in [0.25, 0.3) is 0 Å². The molecule has 0 spiro atoms. The molecule has 2 rings (SSSR count). The topological polar surface area (TPSA) is 155 Å². The highest BCUT2D eigenvalue weighted by Gasteiger charge is 2.62. The Morgan fingerprint density at radius 3 is 2.73 bits per heavy atom. The van der Waals surface area contributed by atoms with Crippen LogP contribution in [0.3, 0.4) is 0 Å². The Kier molecular flexibility index (Phi) is 4.74.